The second-order valence-corrected chi connectivity index (χ2v) is 5.42. The number of hydrogen-bond donors (Lipinski definition) is 1. The summed E-state index contributed by atoms with van der Waals surface area (Å²) in [6.45, 7) is 8.22. The molecule has 2 N–H and O–H groups in total. The lowest BCUT2D eigenvalue weighted by atomic mass is 9.95. The van der Waals surface area contributed by atoms with Crippen molar-refractivity contribution in [2.24, 2.45) is 0 Å². The van der Waals surface area contributed by atoms with E-state index in [-0.39, 0.29) is 17.9 Å². The van der Waals surface area contributed by atoms with Crippen LogP contribution in [0.15, 0.2) is 24.4 Å². The molecule has 21 heavy (non-hydrogen) atoms. The smallest absolute Gasteiger partial charge is 0.319 e. The Balaban J connectivity index is 2.25. The van der Waals surface area contributed by atoms with Gasteiger partial charge in [0.1, 0.15) is 6.10 Å². The number of nitrogen functional groups attached to an aromatic ring is 1. The summed E-state index contributed by atoms with van der Waals surface area (Å²) in [4.78, 5) is 7.60. The van der Waals surface area contributed by atoms with Crippen LogP contribution in [0.2, 0.25) is 0 Å². The fourth-order valence-electron chi connectivity index (χ4n) is 2.10. The Morgan fingerprint density at radius 2 is 1.95 bits per heavy atom. The van der Waals surface area contributed by atoms with Crippen molar-refractivity contribution in [1.82, 2.24) is 9.97 Å². The molecule has 4 nitrogen and oxygen atoms in total. The first-order valence-electron chi connectivity index (χ1n) is 6.93. The summed E-state index contributed by atoms with van der Waals surface area (Å²) >= 11 is 0. The predicted molar refractivity (Wildman–Crippen MR) is 80.7 cm³/mol. The first kappa shape index (κ1) is 15.2. The Labute approximate surface area is 124 Å². The summed E-state index contributed by atoms with van der Waals surface area (Å²) in [6.07, 6.45) is 0.774. The van der Waals surface area contributed by atoms with E-state index in [1.54, 1.807) is 0 Å². The van der Waals surface area contributed by atoms with Gasteiger partial charge >= 0.3 is 6.01 Å². The molecule has 0 spiro atoms. The molecule has 1 atom stereocenters. The quantitative estimate of drug-likeness (QED) is 0.930. The molecule has 0 aliphatic rings. The summed E-state index contributed by atoms with van der Waals surface area (Å²) in [6, 6.07) is 6.39. The van der Waals surface area contributed by atoms with Gasteiger partial charge < -0.3 is 10.5 Å². The fraction of sp³-hybridized carbons (Fsp3) is 0.375. The lowest BCUT2D eigenvalue weighted by Gasteiger charge is -2.18. The Morgan fingerprint density at radius 3 is 2.57 bits per heavy atom. The molecular formula is C16H20FN3O. The van der Waals surface area contributed by atoms with E-state index in [0.29, 0.717) is 5.92 Å². The molecule has 0 amide bonds. The summed E-state index contributed by atoms with van der Waals surface area (Å²) in [5.74, 6) is -0.415. The van der Waals surface area contributed by atoms with E-state index in [4.69, 9.17) is 10.5 Å². The lowest BCUT2D eigenvalue weighted by Crippen LogP contribution is -2.09. The molecule has 0 radical (unpaired) electrons. The van der Waals surface area contributed by atoms with Crippen LogP contribution in [0, 0.1) is 12.7 Å². The van der Waals surface area contributed by atoms with Gasteiger partial charge in [-0.25, -0.2) is 9.37 Å². The lowest BCUT2D eigenvalue weighted by molar-refractivity contribution is 0.206. The molecule has 1 heterocycles. The van der Waals surface area contributed by atoms with Crippen LogP contribution in [0.3, 0.4) is 0 Å². The summed E-state index contributed by atoms with van der Waals surface area (Å²) in [7, 11) is 0. The number of halogens is 1. The Bertz CT molecular complexity index is 643. The first-order chi connectivity index (χ1) is 9.88. The van der Waals surface area contributed by atoms with E-state index in [2.05, 4.69) is 42.0 Å². The van der Waals surface area contributed by atoms with E-state index < -0.39 is 5.82 Å². The number of hydrogen-bond acceptors (Lipinski definition) is 4. The first-order valence-corrected chi connectivity index (χ1v) is 6.93. The van der Waals surface area contributed by atoms with Gasteiger partial charge in [0, 0.05) is 0 Å². The third-order valence-corrected chi connectivity index (χ3v) is 3.44. The molecule has 1 aromatic heterocycles. The van der Waals surface area contributed by atoms with Crippen LogP contribution >= 0.6 is 0 Å². The van der Waals surface area contributed by atoms with E-state index in [9.17, 15) is 4.39 Å². The van der Waals surface area contributed by atoms with Crippen molar-refractivity contribution in [2.45, 2.75) is 39.7 Å². The monoisotopic (exact) mass is 289 g/mol. The van der Waals surface area contributed by atoms with Crippen molar-refractivity contribution < 1.29 is 9.13 Å². The molecule has 2 aromatic rings. The molecule has 1 aromatic carbocycles. The van der Waals surface area contributed by atoms with Gasteiger partial charge in [-0.15, -0.1) is 0 Å². The van der Waals surface area contributed by atoms with Crippen LogP contribution in [0.4, 0.5) is 10.2 Å². The molecule has 0 aliphatic carbocycles. The number of aryl methyl sites for hydroxylation is 1. The van der Waals surface area contributed by atoms with Crippen molar-refractivity contribution in [3.63, 3.8) is 0 Å². The van der Waals surface area contributed by atoms with Crippen molar-refractivity contribution in [2.75, 3.05) is 5.73 Å². The van der Waals surface area contributed by atoms with Crippen LogP contribution in [-0.4, -0.2) is 9.97 Å². The average molecular weight is 289 g/mol. The van der Waals surface area contributed by atoms with E-state index in [1.165, 1.54) is 5.56 Å². The van der Waals surface area contributed by atoms with Crippen molar-refractivity contribution in [3.8, 4) is 6.01 Å². The van der Waals surface area contributed by atoms with Gasteiger partial charge in [-0.3, -0.25) is 0 Å². The van der Waals surface area contributed by atoms with E-state index in [0.717, 1.165) is 17.3 Å². The number of rotatable bonds is 4. The molecule has 1 unspecified atom stereocenters. The minimum absolute atomic E-state index is 0.0794. The van der Waals surface area contributed by atoms with Crippen molar-refractivity contribution in [3.05, 3.63) is 46.9 Å². The maximum Gasteiger partial charge on any atom is 0.319 e. The topological polar surface area (TPSA) is 61.0 Å². The molecule has 0 saturated carbocycles. The number of nitrogens with two attached hydrogens (primary N) is 1. The van der Waals surface area contributed by atoms with Crippen LogP contribution in [0.25, 0.3) is 0 Å². The summed E-state index contributed by atoms with van der Waals surface area (Å²) in [5.41, 5.74) is 8.85. The maximum absolute atomic E-state index is 13.1. The highest BCUT2D eigenvalue weighted by atomic mass is 19.1. The predicted octanol–water partition coefficient (Wildman–Crippen LogP) is 3.77. The van der Waals surface area contributed by atoms with Crippen LogP contribution < -0.4 is 10.5 Å². The SMILES string of the molecule is Cc1ccc(C(C)C)cc1C(C)Oc1ncc(F)c(N)n1. The van der Waals surface area contributed by atoms with Gasteiger partial charge in [0.2, 0.25) is 0 Å². The standard InChI is InChI=1S/C16H20FN3O/c1-9(2)12-6-5-10(3)13(7-12)11(4)21-16-19-8-14(17)15(18)20-16/h5-9,11H,1-4H3,(H2,18,19,20). The van der Waals surface area contributed by atoms with Gasteiger partial charge in [-0.1, -0.05) is 32.0 Å². The molecule has 112 valence electrons. The average Bonchev–Trinajstić information content (AvgIpc) is 2.43. The number of aromatic nitrogens is 2. The highest BCUT2D eigenvalue weighted by Gasteiger charge is 2.14. The van der Waals surface area contributed by atoms with Crippen molar-refractivity contribution >= 4 is 5.82 Å². The zero-order chi connectivity index (χ0) is 15.6. The molecule has 5 heteroatoms. The molecular weight excluding hydrogens is 269 g/mol. The molecule has 0 bridgehead atoms. The minimum atomic E-state index is -0.645. The largest absolute Gasteiger partial charge is 0.456 e. The zero-order valence-corrected chi connectivity index (χ0v) is 12.7. The third kappa shape index (κ3) is 3.48. The Morgan fingerprint density at radius 1 is 1.24 bits per heavy atom. The third-order valence-electron chi connectivity index (χ3n) is 3.44. The Hall–Kier alpha value is -2.17. The van der Waals surface area contributed by atoms with Crippen LogP contribution in [0.1, 0.15) is 49.5 Å². The van der Waals surface area contributed by atoms with Crippen LogP contribution in [0.5, 0.6) is 6.01 Å². The highest BCUT2D eigenvalue weighted by Crippen LogP contribution is 2.26. The van der Waals surface area contributed by atoms with E-state index in [1.807, 2.05) is 13.8 Å². The molecule has 0 aliphatic heterocycles. The molecule has 2 rings (SSSR count). The molecule has 0 fully saturated rings. The summed E-state index contributed by atoms with van der Waals surface area (Å²) < 4.78 is 18.7. The fourth-order valence-corrected chi connectivity index (χ4v) is 2.10. The number of benzene rings is 1. The Kier molecular flexibility index (Phi) is 4.40. The highest BCUT2D eigenvalue weighted by molar-refractivity contribution is 5.35. The second kappa shape index (κ2) is 6.08. The van der Waals surface area contributed by atoms with Gasteiger partial charge in [0.05, 0.1) is 6.20 Å². The van der Waals surface area contributed by atoms with E-state index >= 15 is 0 Å². The van der Waals surface area contributed by atoms with Gasteiger partial charge in [0.25, 0.3) is 0 Å². The number of nitrogens with zero attached hydrogens (tertiary/aromatic N) is 2. The van der Waals surface area contributed by atoms with Gasteiger partial charge in [0.15, 0.2) is 11.6 Å². The maximum atomic E-state index is 13.1. The summed E-state index contributed by atoms with van der Waals surface area (Å²) in [5, 5.41) is 0. The number of anilines is 1. The molecule has 0 saturated heterocycles. The van der Waals surface area contributed by atoms with Gasteiger partial charge in [-0.05, 0) is 36.5 Å². The normalized spacial score (nSPS) is 12.5. The van der Waals surface area contributed by atoms with Gasteiger partial charge in [-0.2, -0.15) is 4.98 Å². The zero-order valence-electron chi connectivity index (χ0n) is 12.7. The van der Waals surface area contributed by atoms with Crippen molar-refractivity contribution in [1.29, 1.82) is 0 Å². The van der Waals surface area contributed by atoms with Crippen LogP contribution in [-0.2, 0) is 0 Å². The number of ether oxygens (including phenoxy) is 1. The second-order valence-electron chi connectivity index (χ2n) is 5.42. The minimum Gasteiger partial charge on any atom is -0.456 e.